The van der Waals surface area contributed by atoms with Crippen molar-refractivity contribution in [3.8, 4) is 11.5 Å². The lowest BCUT2D eigenvalue weighted by Gasteiger charge is -2.17. The van der Waals surface area contributed by atoms with Gasteiger partial charge in [-0.25, -0.2) is 9.59 Å². The number of rotatable bonds is 10. The summed E-state index contributed by atoms with van der Waals surface area (Å²) >= 11 is 0. The van der Waals surface area contributed by atoms with E-state index in [0.29, 0.717) is 24.6 Å². The number of anilines is 1. The number of nitrogens with zero attached hydrogens (tertiary/aromatic N) is 1. The number of carboxylic acids is 1. The number of carboxylic acid groups (broad SMARTS) is 1. The van der Waals surface area contributed by atoms with Gasteiger partial charge in [-0.2, -0.15) is 0 Å². The monoisotopic (exact) mass is 498 g/mol. The highest BCUT2D eigenvalue weighted by Gasteiger charge is 2.22. The van der Waals surface area contributed by atoms with Crippen molar-refractivity contribution in [2.45, 2.75) is 19.4 Å². The molecular formula is C24H30N6O6. The maximum Gasteiger partial charge on any atom is 0.328 e. The Morgan fingerprint density at radius 3 is 2.61 bits per heavy atom. The molecule has 3 rings (SSSR count). The van der Waals surface area contributed by atoms with Crippen LogP contribution >= 0.6 is 0 Å². The third kappa shape index (κ3) is 8.08. The van der Waals surface area contributed by atoms with Gasteiger partial charge in [0, 0.05) is 31.4 Å². The van der Waals surface area contributed by atoms with Crippen LogP contribution in [0.4, 0.5) is 10.5 Å². The number of phenols is 1. The van der Waals surface area contributed by atoms with Crippen molar-refractivity contribution in [3.05, 3.63) is 53.6 Å². The second-order valence-corrected chi connectivity index (χ2v) is 8.03. The van der Waals surface area contributed by atoms with Gasteiger partial charge in [0.15, 0.2) is 5.96 Å². The van der Waals surface area contributed by atoms with E-state index in [1.165, 1.54) is 18.2 Å². The van der Waals surface area contributed by atoms with E-state index in [-0.39, 0.29) is 11.3 Å². The Labute approximate surface area is 208 Å². The lowest BCUT2D eigenvalue weighted by molar-refractivity contribution is -0.138. The highest BCUT2D eigenvalue weighted by molar-refractivity contribution is 5.97. The molecule has 0 aromatic heterocycles. The third-order valence-corrected chi connectivity index (χ3v) is 5.15. The number of guanidine groups is 1. The molecule has 7 N–H and O–H groups in total. The maximum atomic E-state index is 12.5. The number of aromatic hydroxyl groups is 1. The SMILES string of the molecule is Cc1ccc(NC(=O)N[C@@H](CNC(=O)c2ccc(OCCNC3=NCCCN3)cc2O)C(=O)O)cc1. The van der Waals surface area contributed by atoms with Gasteiger partial charge in [0.2, 0.25) is 0 Å². The highest BCUT2D eigenvalue weighted by Crippen LogP contribution is 2.23. The van der Waals surface area contributed by atoms with E-state index in [1.807, 2.05) is 6.92 Å². The number of carbonyl (C=O) groups is 3. The highest BCUT2D eigenvalue weighted by atomic mass is 16.5. The normalized spacial score (nSPS) is 13.4. The summed E-state index contributed by atoms with van der Waals surface area (Å²) in [5.74, 6) is -1.27. The van der Waals surface area contributed by atoms with Crippen molar-refractivity contribution >= 4 is 29.6 Å². The zero-order valence-electron chi connectivity index (χ0n) is 19.8. The van der Waals surface area contributed by atoms with Crippen LogP contribution in [0.3, 0.4) is 0 Å². The predicted molar refractivity (Wildman–Crippen MR) is 134 cm³/mol. The van der Waals surface area contributed by atoms with Crippen LogP contribution in [-0.4, -0.2) is 72.9 Å². The van der Waals surface area contributed by atoms with E-state index < -0.39 is 30.5 Å². The van der Waals surface area contributed by atoms with Crippen molar-refractivity contribution in [2.75, 3.05) is 38.1 Å². The number of aryl methyl sites for hydroxylation is 1. The molecule has 1 heterocycles. The van der Waals surface area contributed by atoms with Gasteiger partial charge in [0.1, 0.15) is 24.1 Å². The second-order valence-electron chi connectivity index (χ2n) is 8.03. The molecule has 3 amide bonds. The number of aliphatic imine (C=N–C) groups is 1. The van der Waals surface area contributed by atoms with Crippen molar-refractivity contribution in [1.82, 2.24) is 21.3 Å². The number of phenolic OH excluding ortho intramolecular Hbond substituents is 1. The summed E-state index contributed by atoms with van der Waals surface area (Å²) < 4.78 is 5.57. The van der Waals surface area contributed by atoms with Gasteiger partial charge in [-0.15, -0.1) is 0 Å². The molecule has 0 radical (unpaired) electrons. The number of amides is 3. The van der Waals surface area contributed by atoms with Gasteiger partial charge in [0.25, 0.3) is 5.91 Å². The molecule has 12 heteroatoms. The van der Waals surface area contributed by atoms with Gasteiger partial charge in [-0.1, -0.05) is 17.7 Å². The number of benzene rings is 2. The third-order valence-electron chi connectivity index (χ3n) is 5.15. The van der Waals surface area contributed by atoms with Crippen LogP contribution < -0.4 is 31.3 Å². The molecule has 0 saturated carbocycles. The Morgan fingerprint density at radius 2 is 1.94 bits per heavy atom. The van der Waals surface area contributed by atoms with Gasteiger partial charge in [-0.3, -0.25) is 9.79 Å². The Bertz CT molecular complexity index is 1100. The summed E-state index contributed by atoms with van der Waals surface area (Å²) in [5.41, 5.74) is 1.44. The van der Waals surface area contributed by atoms with Crippen LogP contribution in [0.15, 0.2) is 47.5 Å². The van der Waals surface area contributed by atoms with Crippen LogP contribution in [0, 0.1) is 6.92 Å². The molecule has 192 valence electrons. The average molecular weight is 499 g/mol. The molecule has 1 aliphatic heterocycles. The molecule has 0 spiro atoms. The topological polar surface area (TPSA) is 173 Å². The first kappa shape index (κ1) is 26.1. The summed E-state index contributed by atoms with van der Waals surface area (Å²) in [6.45, 7) is 3.95. The van der Waals surface area contributed by atoms with Crippen LogP contribution in [0.2, 0.25) is 0 Å². The number of aliphatic carboxylic acids is 1. The van der Waals surface area contributed by atoms with E-state index in [0.717, 1.165) is 31.0 Å². The first-order chi connectivity index (χ1) is 17.3. The lowest BCUT2D eigenvalue weighted by atomic mass is 10.1. The average Bonchev–Trinajstić information content (AvgIpc) is 2.86. The van der Waals surface area contributed by atoms with Gasteiger partial charge >= 0.3 is 12.0 Å². The number of hydrogen-bond donors (Lipinski definition) is 7. The number of ether oxygens (including phenoxy) is 1. The molecule has 0 bridgehead atoms. The van der Waals surface area contributed by atoms with Crippen LogP contribution in [-0.2, 0) is 4.79 Å². The van der Waals surface area contributed by atoms with E-state index in [2.05, 4.69) is 31.6 Å². The zero-order chi connectivity index (χ0) is 25.9. The van der Waals surface area contributed by atoms with E-state index in [4.69, 9.17) is 4.74 Å². The first-order valence-corrected chi connectivity index (χ1v) is 11.4. The largest absolute Gasteiger partial charge is 0.507 e. The Kier molecular flexibility index (Phi) is 9.32. The summed E-state index contributed by atoms with van der Waals surface area (Å²) in [6.07, 6.45) is 0.998. The van der Waals surface area contributed by atoms with Crippen LogP contribution in [0.25, 0.3) is 0 Å². The van der Waals surface area contributed by atoms with E-state index in [1.54, 1.807) is 24.3 Å². The van der Waals surface area contributed by atoms with Crippen molar-refractivity contribution < 1.29 is 29.3 Å². The molecule has 0 aliphatic carbocycles. The summed E-state index contributed by atoms with van der Waals surface area (Å²) in [5, 5.41) is 33.1. The van der Waals surface area contributed by atoms with E-state index in [9.17, 15) is 24.6 Å². The summed E-state index contributed by atoms with van der Waals surface area (Å²) in [6, 6.07) is 9.03. The minimum absolute atomic E-state index is 0.0607. The Morgan fingerprint density at radius 1 is 1.17 bits per heavy atom. The number of urea groups is 1. The molecule has 0 unspecified atom stereocenters. The Balaban J connectivity index is 1.46. The van der Waals surface area contributed by atoms with Crippen LogP contribution in [0.1, 0.15) is 22.3 Å². The Hall–Kier alpha value is -4.48. The minimum Gasteiger partial charge on any atom is -0.507 e. The molecule has 12 nitrogen and oxygen atoms in total. The number of nitrogens with one attached hydrogen (secondary N) is 5. The van der Waals surface area contributed by atoms with Crippen molar-refractivity contribution in [2.24, 2.45) is 4.99 Å². The van der Waals surface area contributed by atoms with Gasteiger partial charge in [-0.05, 0) is 37.6 Å². The fraction of sp³-hybridized carbons (Fsp3) is 0.333. The predicted octanol–water partition coefficient (Wildman–Crippen LogP) is 1.02. The molecule has 2 aromatic rings. The molecule has 1 aliphatic rings. The number of carbonyl (C=O) groups excluding carboxylic acids is 2. The van der Waals surface area contributed by atoms with Gasteiger partial charge in [0.05, 0.1) is 12.1 Å². The maximum absolute atomic E-state index is 12.5. The number of hydrogen-bond acceptors (Lipinski definition) is 8. The standard InChI is InChI=1S/C24H30N6O6/c1-15-3-5-16(6-4-15)29-24(35)30-19(22(33)34)14-28-21(32)18-8-7-17(13-20(18)31)36-12-11-27-23-25-9-2-10-26-23/h3-8,13,19,31H,2,9-12,14H2,1H3,(H,28,32)(H,33,34)(H2,25,26,27)(H2,29,30,35)/t19-/m0/s1. The summed E-state index contributed by atoms with van der Waals surface area (Å²) in [7, 11) is 0. The smallest absolute Gasteiger partial charge is 0.328 e. The lowest BCUT2D eigenvalue weighted by Crippen LogP contribution is -2.49. The first-order valence-electron chi connectivity index (χ1n) is 11.4. The van der Waals surface area contributed by atoms with Crippen LogP contribution in [0.5, 0.6) is 11.5 Å². The zero-order valence-corrected chi connectivity index (χ0v) is 19.8. The molecule has 0 saturated heterocycles. The summed E-state index contributed by atoms with van der Waals surface area (Å²) in [4.78, 5) is 40.5. The van der Waals surface area contributed by atoms with Gasteiger partial charge < -0.3 is 41.5 Å². The van der Waals surface area contributed by atoms with E-state index >= 15 is 0 Å². The fourth-order valence-corrected chi connectivity index (χ4v) is 3.23. The van der Waals surface area contributed by atoms with Crippen molar-refractivity contribution in [3.63, 3.8) is 0 Å². The van der Waals surface area contributed by atoms with Crippen molar-refractivity contribution in [1.29, 1.82) is 0 Å². The molecular weight excluding hydrogens is 468 g/mol. The molecule has 1 atom stereocenters. The fourth-order valence-electron chi connectivity index (χ4n) is 3.23. The quantitative estimate of drug-likeness (QED) is 0.238. The molecule has 2 aromatic carbocycles. The molecule has 36 heavy (non-hydrogen) atoms. The molecule has 0 fully saturated rings. The minimum atomic E-state index is -1.39. The second kappa shape index (κ2) is 12.8.